The summed E-state index contributed by atoms with van der Waals surface area (Å²) in [6, 6.07) is 12.5. The van der Waals surface area contributed by atoms with Crippen molar-refractivity contribution in [2.75, 3.05) is 31.6 Å². The van der Waals surface area contributed by atoms with Crippen molar-refractivity contribution >= 4 is 27.5 Å². The van der Waals surface area contributed by atoms with Crippen molar-refractivity contribution in [3.63, 3.8) is 0 Å². The minimum atomic E-state index is -3.73. The van der Waals surface area contributed by atoms with E-state index in [1.54, 1.807) is 6.07 Å². The molecular formula is C23H29N3O5S. The maximum absolute atomic E-state index is 12.9. The van der Waals surface area contributed by atoms with Crippen LogP contribution in [0, 0.1) is 12.8 Å². The van der Waals surface area contributed by atoms with Crippen LogP contribution >= 0.6 is 0 Å². The molecule has 32 heavy (non-hydrogen) atoms. The molecule has 1 aliphatic rings. The van der Waals surface area contributed by atoms with Gasteiger partial charge in [0.2, 0.25) is 15.9 Å². The van der Waals surface area contributed by atoms with Crippen LogP contribution in [0.15, 0.2) is 53.4 Å². The van der Waals surface area contributed by atoms with Crippen LogP contribution in [0.1, 0.15) is 29.8 Å². The zero-order chi connectivity index (χ0) is 23.3. The molecule has 0 spiro atoms. The monoisotopic (exact) mass is 459 g/mol. The van der Waals surface area contributed by atoms with E-state index in [9.17, 15) is 18.0 Å². The lowest BCUT2D eigenvalue weighted by molar-refractivity contribution is -0.118. The van der Waals surface area contributed by atoms with E-state index >= 15 is 0 Å². The van der Waals surface area contributed by atoms with E-state index in [0.29, 0.717) is 18.9 Å². The number of hydrogen-bond acceptors (Lipinski definition) is 5. The van der Waals surface area contributed by atoms with Crippen molar-refractivity contribution in [3.8, 4) is 0 Å². The predicted octanol–water partition coefficient (Wildman–Crippen LogP) is 2.41. The second-order valence-electron chi connectivity index (χ2n) is 8.10. The Morgan fingerprint density at radius 3 is 2.38 bits per heavy atom. The normalized spacial score (nSPS) is 15.9. The van der Waals surface area contributed by atoms with Crippen LogP contribution in [0.5, 0.6) is 0 Å². The van der Waals surface area contributed by atoms with E-state index in [1.807, 2.05) is 39.0 Å². The van der Waals surface area contributed by atoms with Crippen molar-refractivity contribution in [2.45, 2.75) is 31.7 Å². The molecule has 1 saturated heterocycles. The molecule has 8 nitrogen and oxygen atoms in total. The van der Waals surface area contributed by atoms with Crippen molar-refractivity contribution in [1.29, 1.82) is 0 Å². The van der Waals surface area contributed by atoms with Gasteiger partial charge in [-0.15, -0.1) is 0 Å². The standard InChI is InChI=1S/C23H29N3O5S/c1-16(2)21(23(28)24-19-8-4-6-17(3)14-19)25-22(27)18-7-5-9-20(15-18)32(29,30)26-10-12-31-13-11-26/h4-9,14-16,21H,10-13H2,1-3H3,(H,24,28)(H,25,27)/t21-/m0/s1. The Kier molecular flexibility index (Phi) is 7.65. The largest absolute Gasteiger partial charge is 0.379 e. The number of carbonyl (C=O) groups excluding carboxylic acids is 2. The summed E-state index contributed by atoms with van der Waals surface area (Å²) in [6.07, 6.45) is 0. The van der Waals surface area contributed by atoms with E-state index in [0.717, 1.165) is 5.56 Å². The highest BCUT2D eigenvalue weighted by Crippen LogP contribution is 2.19. The minimum Gasteiger partial charge on any atom is -0.379 e. The van der Waals surface area contributed by atoms with Gasteiger partial charge in [0, 0.05) is 24.3 Å². The fourth-order valence-electron chi connectivity index (χ4n) is 3.44. The number of nitrogens with zero attached hydrogens (tertiary/aromatic N) is 1. The third-order valence-corrected chi connectivity index (χ3v) is 7.12. The molecule has 0 unspecified atom stereocenters. The van der Waals surface area contributed by atoms with Crippen LogP contribution in [0.2, 0.25) is 0 Å². The van der Waals surface area contributed by atoms with Crippen molar-refractivity contribution < 1.29 is 22.7 Å². The molecule has 2 N–H and O–H groups in total. The zero-order valence-electron chi connectivity index (χ0n) is 18.5. The van der Waals surface area contributed by atoms with Crippen LogP contribution < -0.4 is 10.6 Å². The lowest BCUT2D eigenvalue weighted by atomic mass is 10.0. The summed E-state index contributed by atoms with van der Waals surface area (Å²) >= 11 is 0. The highest BCUT2D eigenvalue weighted by atomic mass is 32.2. The van der Waals surface area contributed by atoms with Crippen molar-refractivity contribution in [3.05, 3.63) is 59.7 Å². The van der Waals surface area contributed by atoms with Crippen molar-refractivity contribution in [2.24, 2.45) is 5.92 Å². The molecule has 1 atom stereocenters. The number of hydrogen-bond donors (Lipinski definition) is 2. The highest BCUT2D eigenvalue weighted by Gasteiger charge is 2.28. The Bertz CT molecular complexity index is 1080. The molecule has 2 amide bonds. The third-order valence-electron chi connectivity index (χ3n) is 5.23. The molecule has 0 aromatic heterocycles. The first kappa shape index (κ1) is 23.9. The maximum atomic E-state index is 12.9. The van der Waals surface area contributed by atoms with Gasteiger partial charge in [0.25, 0.3) is 5.91 Å². The summed E-state index contributed by atoms with van der Waals surface area (Å²) < 4.78 is 32.4. The van der Waals surface area contributed by atoms with Gasteiger partial charge in [-0.25, -0.2) is 8.42 Å². The number of amides is 2. The van der Waals surface area contributed by atoms with Gasteiger partial charge in [-0.2, -0.15) is 4.31 Å². The molecule has 1 heterocycles. The number of morpholine rings is 1. The molecule has 0 saturated carbocycles. The highest BCUT2D eigenvalue weighted by molar-refractivity contribution is 7.89. The summed E-state index contributed by atoms with van der Waals surface area (Å²) in [5.41, 5.74) is 1.83. The molecule has 9 heteroatoms. The number of benzene rings is 2. The Balaban J connectivity index is 1.75. The van der Waals surface area contributed by atoms with Gasteiger partial charge in [-0.1, -0.05) is 32.0 Å². The molecule has 0 bridgehead atoms. The number of carbonyl (C=O) groups is 2. The first-order chi connectivity index (χ1) is 15.2. The van der Waals surface area contributed by atoms with Crippen molar-refractivity contribution in [1.82, 2.24) is 9.62 Å². The van der Waals surface area contributed by atoms with E-state index in [1.165, 1.54) is 28.6 Å². The van der Waals surface area contributed by atoms with Gasteiger partial charge in [-0.3, -0.25) is 9.59 Å². The zero-order valence-corrected chi connectivity index (χ0v) is 19.3. The molecule has 2 aromatic rings. The summed E-state index contributed by atoms with van der Waals surface area (Å²) in [5.74, 6) is -1.03. The SMILES string of the molecule is Cc1cccc(NC(=O)[C@@H](NC(=O)c2cccc(S(=O)(=O)N3CCOCC3)c2)C(C)C)c1. The lowest BCUT2D eigenvalue weighted by Gasteiger charge is -2.26. The second-order valence-corrected chi connectivity index (χ2v) is 10.0. The minimum absolute atomic E-state index is 0.0392. The van der Waals surface area contributed by atoms with E-state index in [4.69, 9.17) is 4.74 Å². The van der Waals surface area contributed by atoms with Crippen LogP contribution in [-0.2, 0) is 19.6 Å². The van der Waals surface area contributed by atoms with E-state index < -0.39 is 22.0 Å². The number of anilines is 1. The Morgan fingerprint density at radius 1 is 1.03 bits per heavy atom. The maximum Gasteiger partial charge on any atom is 0.251 e. The van der Waals surface area contributed by atoms with Gasteiger partial charge in [0.05, 0.1) is 18.1 Å². The first-order valence-corrected chi connectivity index (χ1v) is 12.0. The summed E-state index contributed by atoms with van der Waals surface area (Å²) in [4.78, 5) is 25.8. The van der Waals surface area contributed by atoms with Gasteiger partial charge < -0.3 is 15.4 Å². The topological polar surface area (TPSA) is 105 Å². The fraction of sp³-hybridized carbons (Fsp3) is 0.391. The molecule has 0 aliphatic carbocycles. The summed E-state index contributed by atoms with van der Waals surface area (Å²) in [7, 11) is -3.73. The van der Waals surface area contributed by atoms with Gasteiger partial charge in [0.15, 0.2) is 0 Å². The molecule has 172 valence electrons. The Hall–Kier alpha value is -2.75. The van der Waals surface area contributed by atoms with Crippen LogP contribution in [0.25, 0.3) is 0 Å². The number of rotatable bonds is 7. The Morgan fingerprint density at radius 2 is 1.72 bits per heavy atom. The third kappa shape index (κ3) is 5.73. The summed E-state index contributed by atoms with van der Waals surface area (Å²) in [5, 5.41) is 5.58. The van der Waals surface area contributed by atoms with E-state index in [2.05, 4.69) is 10.6 Å². The van der Waals surface area contributed by atoms with Gasteiger partial charge in [-0.05, 0) is 48.7 Å². The molecule has 1 fully saturated rings. The smallest absolute Gasteiger partial charge is 0.251 e. The average molecular weight is 460 g/mol. The van der Waals surface area contributed by atoms with Gasteiger partial charge in [0.1, 0.15) is 6.04 Å². The molecule has 1 aliphatic heterocycles. The molecule has 3 rings (SSSR count). The number of aryl methyl sites for hydroxylation is 1. The summed E-state index contributed by atoms with van der Waals surface area (Å²) in [6.45, 7) is 6.81. The average Bonchev–Trinajstić information content (AvgIpc) is 2.77. The second kappa shape index (κ2) is 10.2. The molecular weight excluding hydrogens is 430 g/mol. The first-order valence-electron chi connectivity index (χ1n) is 10.5. The number of ether oxygens (including phenoxy) is 1. The number of sulfonamides is 1. The molecule has 2 aromatic carbocycles. The number of nitrogens with one attached hydrogen (secondary N) is 2. The van der Waals surface area contributed by atoms with Crippen LogP contribution in [-0.4, -0.2) is 56.9 Å². The van der Waals surface area contributed by atoms with Gasteiger partial charge >= 0.3 is 0 Å². The van der Waals surface area contributed by atoms with E-state index in [-0.39, 0.29) is 35.4 Å². The molecule has 0 radical (unpaired) electrons. The van der Waals surface area contributed by atoms with Crippen LogP contribution in [0.4, 0.5) is 5.69 Å². The predicted molar refractivity (Wildman–Crippen MR) is 122 cm³/mol. The van der Waals surface area contributed by atoms with Crippen LogP contribution in [0.3, 0.4) is 0 Å². The Labute approximate surface area is 189 Å². The lowest BCUT2D eigenvalue weighted by Crippen LogP contribution is -2.47. The fourth-order valence-corrected chi connectivity index (χ4v) is 4.89. The quantitative estimate of drug-likeness (QED) is 0.662.